The fourth-order valence-electron chi connectivity index (χ4n) is 6.28. The summed E-state index contributed by atoms with van der Waals surface area (Å²) in [7, 11) is 3.32. The van der Waals surface area contributed by atoms with Gasteiger partial charge >= 0.3 is 0 Å². The Morgan fingerprint density at radius 1 is 1.00 bits per heavy atom. The smallest absolute Gasteiger partial charge is 0.278 e. The lowest BCUT2D eigenvalue weighted by molar-refractivity contribution is 0.180. The molecule has 1 aliphatic heterocycles. The van der Waals surface area contributed by atoms with Crippen LogP contribution in [0.15, 0.2) is 46.4 Å². The molecular formula is C37H51ClN4O3. The molecule has 244 valence electrons. The summed E-state index contributed by atoms with van der Waals surface area (Å²) in [5.74, 6) is 0. The Morgan fingerprint density at radius 3 is 2.47 bits per heavy atom. The van der Waals surface area contributed by atoms with Crippen LogP contribution in [0.2, 0.25) is 5.02 Å². The molecule has 7 nitrogen and oxygen atoms in total. The molecule has 0 amide bonds. The van der Waals surface area contributed by atoms with E-state index in [-0.39, 0.29) is 11.0 Å². The van der Waals surface area contributed by atoms with E-state index >= 15 is 0 Å². The molecule has 0 spiro atoms. The molecule has 0 saturated carbocycles. The first-order valence-corrected chi connectivity index (χ1v) is 17.0. The van der Waals surface area contributed by atoms with Gasteiger partial charge in [0.05, 0.1) is 24.6 Å². The maximum absolute atomic E-state index is 13.7. The van der Waals surface area contributed by atoms with Crippen molar-refractivity contribution < 1.29 is 9.47 Å². The van der Waals surface area contributed by atoms with E-state index in [1.807, 2.05) is 6.07 Å². The predicted octanol–water partition coefficient (Wildman–Crippen LogP) is 7.52. The van der Waals surface area contributed by atoms with Crippen LogP contribution >= 0.6 is 11.6 Å². The Balaban J connectivity index is 1.86. The van der Waals surface area contributed by atoms with E-state index in [0.29, 0.717) is 43.0 Å². The van der Waals surface area contributed by atoms with Crippen LogP contribution in [0.25, 0.3) is 11.7 Å². The van der Waals surface area contributed by atoms with Crippen molar-refractivity contribution in [3.05, 3.63) is 84.7 Å². The van der Waals surface area contributed by atoms with Gasteiger partial charge in [-0.1, -0.05) is 78.0 Å². The van der Waals surface area contributed by atoms with Gasteiger partial charge in [0.25, 0.3) is 5.56 Å². The third kappa shape index (κ3) is 7.70. The molecule has 3 aromatic rings. The summed E-state index contributed by atoms with van der Waals surface area (Å²) < 4.78 is 12.4. The summed E-state index contributed by atoms with van der Waals surface area (Å²) in [5, 5.41) is 6.42. The van der Waals surface area contributed by atoms with Gasteiger partial charge in [0, 0.05) is 59.8 Å². The number of ether oxygens (including phenoxy) is 2. The van der Waals surface area contributed by atoms with E-state index in [1.54, 1.807) is 14.2 Å². The van der Waals surface area contributed by atoms with Gasteiger partial charge in [-0.05, 0) is 67.2 Å². The summed E-state index contributed by atoms with van der Waals surface area (Å²) in [6, 6.07) is 6.28. The number of fused-ring (bicyclic) bond motifs is 2. The second-order valence-electron chi connectivity index (χ2n) is 12.5. The molecule has 2 aromatic heterocycles. The van der Waals surface area contributed by atoms with Crippen molar-refractivity contribution in [3.63, 3.8) is 0 Å². The van der Waals surface area contributed by atoms with Crippen molar-refractivity contribution in [1.29, 1.82) is 0 Å². The minimum atomic E-state index is -0.197. The van der Waals surface area contributed by atoms with Crippen LogP contribution in [0, 0.1) is 0 Å². The molecule has 1 aromatic carbocycles. The third-order valence-corrected chi connectivity index (χ3v) is 9.13. The van der Waals surface area contributed by atoms with Crippen molar-refractivity contribution in [3.8, 4) is 0 Å². The fourth-order valence-corrected chi connectivity index (χ4v) is 6.45. The van der Waals surface area contributed by atoms with Gasteiger partial charge in [-0.15, -0.1) is 0 Å². The molecular weight excluding hydrogens is 584 g/mol. The first kappa shape index (κ1) is 34.9. The molecule has 0 radical (unpaired) electrons. The highest BCUT2D eigenvalue weighted by Crippen LogP contribution is 2.48. The van der Waals surface area contributed by atoms with E-state index in [2.05, 4.69) is 69.9 Å². The lowest BCUT2D eigenvalue weighted by Gasteiger charge is -2.27. The Bertz CT molecular complexity index is 1640. The van der Waals surface area contributed by atoms with E-state index in [4.69, 9.17) is 31.2 Å². The van der Waals surface area contributed by atoms with E-state index in [9.17, 15) is 4.79 Å². The van der Waals surface area contributed by atoms with E-state index in [1.165, 1.54) is 40.7 Å². The first-order chi connectivity index (χ1) is 21.7. The number of allylic oxidation sites excluding steroid dienone is 4. The number of nitrogens with zero attached hydrogens (tertiary/aromatic N) is 4. The van der Waals surface area contributed by atoms with Crippen molar-refractivity contribution >= 4 is 29.0 Å². The number of anilines is 1. The predicted molar refractivity (Wildman–Crippen MR) is 186 cm³/mol. The van der Waals surface area contributed by atoms with E-state index < -0.39 is 0 Å². The number of methoxy groups -OCH3 is 2. The van der Waals surface area contributed by atoms with Crippen LogP contribution < -0.4 is 15.7 Å². The molecule has 0 saturated heterocycles. The third-order valence-electron chi connectivity index (χ3n) is 8.90. The zero-order chi connectivity index (χ0) is 32.6. The Labute approximate surface area is 274 Å². The van der Waals surface area contributed by atoms with Crippen LogP contribution in [-0.4, -0.2) is 42.0 Å². The summed E-state index contributed by atoms with van der Waals surface area (Å²) in [6.07, 6.45) is 15.4. The molecule has 8 heteroatoms. The lowest BCUT2D eigenvalue weighted by Crippen LogP contribution is -2.27. The summed E-state index contributed by atoms with van der Waals surface area (Å²) in [6.45, 7) is 12.9. The van der Waals surface area contributed by atoms with Gasteiger partial charge in [0.15, 0.2) is 5.65 Å². The molecule has 1 aliphatic rings. The highest BCUT2D eigenvalue weighted by molar-refractivity contribution is 6.30. The Kier molecular flexibility index (Phi) is 12.4. The zero-order valence-corrected chi connectivity index (χ0v) is 29.1. The topological polar surface area (TPSA) is 69.0 Å². The number of rotatable bonds is 16. The average Bonchev–Trinajstić information content (AvgIpc) is 3.46. The van der Waals surface area contributed by atoms with Gasteiger partial charge < -0.3 is 14.4 Å². The molecule has 0 aliphatic carbocycles. The van der Waals surface area contributed by atoms with Gasteiger partial charge in [0.2, 0.25) is 0 Å². The standard InChI is InChI=1S/C37H51ClN4O3/c1-8-11-13-14-21-41-33-18-17-27(38)24-30(33)37(4,5)34(41)19-16-26(10-3)23-29-31(20-22-44-6)40-42-35(29)39-32(25-45-7)28(36(42)43)15-12-9-2/h16-19,23-24H,8-15,20-22,25H2,1-7H3/b26-16-,29-23-,34-19+. The van der Waals surface area contributed by atoms with Gasteiger partial charge in [-0.2, -0.15) is 9.61 Å². The molecule has 45 heavy (non-hydrogen) atoms. The maximum Gasteiger partial charge on any atom is 0.278 e. The van der Waals surface area contributed by atoms with E-state index in [0.717, 1.165) is 53.7 Å². The van der Waals surface area contributed by atoms with Gasteiger partial charge in [-0.25, -0.2) is 4.98 Å². The van der Waals surface area contributed by atoms with Gasteiger partial charge in [0.1, 0.15) is 0 Å². The average molecular weight is 635 g/mol. The minimum absolute atomic E-state index is 0.106. The molecule has 0 fully saturated rings. The first-order valence-electron chi connectivity index (χ1n) is 16.6. The van der Waals surface area contributed by atoms with Crippen LogP contribution in [0.1, 0.15) is 102 Å². The monoisotopic (exact) mass is 634 g/mol. The number of hydrogen-bond donors (Lipinski definition) is 0. The van der Waals surface area contributed by atoms with Crippen LogP contribution in [0.4, 0.5) is 5.69 Å². The van der Waals surface area contributed by atoms with Crippen LogP contribution in [0.3, 0.4) is 0 Å². The number of halogens is 1. The van der Waals surface area contributed by atoms with Crippen molar-refractivity contribution in [2.24, 2.45) is 0 Å². The second kappa shape index (κ2) is 16.0. The highest BCUT2D eigenvalue weighted by Gasteiger charge is 2.39. The Hall–Kier alpha value is -3.00. The molecule has 0 unspecified atom stereocenters. The fraction of sp³-hybridized carbons (Fsp3) is 0.541. The summed E-state index contributed by atoms with van der Waals surface area (Å²) in [5.41, 5.74) is 7.36. The molecule has 3 heterocycles. The number of benzene rings is 1. The minimum Gasteiger partial charge on any atom is -0.384 e. The Morgan fingerprint density at radius 2 is 1.78 bits per heavy atom. The normalized spacial score (nSPS) is 16.0. The number of unbranched alkanes of at least 4 members (excludes halogenated alkanes) is 4. The van der Waals surface area contributed by atoms with Crippen LogP contribution in [-0.2, 0) is 34.3 Å². The largest absolute Gasteiger partial charge is 0.384 e. The molecule has 4 rings (SSSR count). The summed E-state index contributed by atoms with van der Waals surface area (Å²) in [4.78, 5) is 21.2. The van der Waals surface area contributed by atoms with Crippen LogP contribution in [0.5, 0.6) is 0 Å². The number of hydrogen-bond acceptors (Lipinski definition) is 6. The molecule has 0 atom stereocenters. The molecule has 0 bridgehead atoms. The van der Waals surface area contributed by atoms with Crippen molar-refractivity contribution in [1.82, 2.24) is 14.6 Å². The highest BCUT2D eigenvalue weighted by atomic mass is 35.5. The molecule has 0 N–H and O–H groups in total. The van der Waals surface area contributed by atoms with Crippen molar-refractivity contribution in [2.45, 2.75) is 104 Å². The quantitative estimate of drug-likeness (QED) is 0.152. The SMILES string of the molecule is CCCCCCN1/C(=C/C=C(\C=c2\c(CCOC)nn3c(=O)c(CCCC)c(COC)nc23)CC)C(C)(C)c2cc(Cl)ccc21. The zero-order valence-electron chi connectivity index (χ0n) is 28.3. The summed E-state index contributed by atoms with van der Waals surface area (Å²) >= 11 is 6.49. The number of aromatic nitrogens is 3. The lowest BCUT2D eigenvalue weighted by atomic mass is 9.83. The van der Waals surface area contributed by atoms with Crippen molar-refractivity contribution in [2.75, 3.05) is 32.3 Å². The second-order valence-corrected chi connectivity index (χ2v) is 12.9. The maximum atomic E-state index is 13.7. The van der Waals surface area contributed by atoms with Gasteiger partial charge in [-0.3, -0.25) is 4.79 Å².